The first kappa shape index (κ1) is 31.8. The highest BCUT2D eigenvalue weighted by molar-refractivity contribution is 7.25. The van der Waals surface area contributed by atoms with Gasteiger partial charge < -0.3 is 0 Å². The van der Waals surface area contributed by atoms with Crippen molar-refractivity contribution >= 4 is 42.3 Å². The van der Waals surface area contributed by atoms with Gasteiger partial charge >= 0.3 is 0 Å². The molecule has 2 aromatic heterocycles. The van der Waals surface area contributed by atoms with E-state index in [9.17, 15) is 0 Å². The second kappa shape index (κ2) is 12.4. The third kappa shape index (κ3) is 5.08. The second-order valence-electron chi connectivity index (χ2n) is 14.7. The summed E-state index contributed by atoms with van der Waals surface area (Å²) in [6.07, 6.45) is 0. The summed E-state index contributed by atoms with van der Waals surface area (Å²) in [7, 11) is 0. The smallest absolute Gasteiger partial charge is 0.160 e. The lowest BCUT2D eigenvalue weighted by molar-refractivity contribution is 0.714. The van der Waals surface area contributed by atoms with Gasteiger partial charge in [0.25, 0.3) is 0 Å². The fourth-order valence-corrected chi connectivity index (χ4v) is 9.86. The van der Waals surface area contributed by atoms with Crippen LogP contribution in [-0.2, 0) is 5.41 Å². The lowest BCUT2D eigenvalue weighted by atomic mass is 9.74. The molecule has 1 aliphatic carbocycles. The van der Waals surface area contributed by atoms with E-state index in [0.717, 1.165) is 33.6 Å². The van der Waals surface area contributed by atoms with Crippen LogP contribution >= 0.6 is 11.3 Å². The zero-order valence-corrected chi connectivity index (χ0v) is 31.0. The predicted molar refractivity (Wildman–Crippen MR) is 232 cm³/mol. The molecule has 0 spiro atoms. The maximum Gasteiger partial charge on any atom is 0.160 e. The van der Waals surface area contributed by atoms with E-state index in [1.807, 2.05) is 11.3 Å². The Bertz CT molecular complexity index is 3120. The molecule has 2 nitrogen and oxygen atoms in total. The van der Waals surface area contributed by atoms with Gasteiger partial charge in [-0.05, 0) is 93.0 Å². The third-order valence-electron chi connectivity index (χ3n) is 11.6. The number of hydrogen-bond donors (Lipinski definition) is 0. The van der Waals surface area contributed by atoms with Gasteiger partial charge in [-0.1, -0.05) is 152 Å². The first-order chi connectivity index (χ1) is 27.1. The number of rotatable bonds is 5. The van der Waals surface area contributed by atoms with E-state index < -0.39 is 0 Å². The summed E-state index contributed by atoms with van der Waals surface area (Å²) < 4.78 is 2.61. The van der Waals surface area contributed by atoms with Crippen molar-refractivity contribution in [2.75, 3.05) is 0 Å². The summed E-state index contributed by atoms with van der Waals surface area (Å²) in [5.74, 6) is 0.710. The first-order valence-corrected chi connectivity index (χ1v) is 19.6. The molecule has 0 amide bonds. The minimum atomic E-state index is -0.308. The van der Waals surface area contributed by atoms with Crippen molar-refractivity contribution in [3.63, 3.8) is 0 Å². The van der Waals surface area contributed by atoms with Crippen LogP contribution in [-0.4, -0.2) is 9.97 Å². The number of hydrogen-bond acceptors (Lipinski definition) is 3. The van der Waals surface area contributed by atoms with Gasteiger partial charge in [0.2, 0.25) is 0 Å². The van der Waals surface area contributed by atoms with E-state index >= 15 is 0 Å². The molecule has 55 heavy (non-hydrogen) atoms. The fourth-order valence-electron chi connectivity index (χ4n) is 8.78. The van der Waals surface area contributed by atoms with Crippen molar-refractivity contribution < 1.29 is 0 Å². The van der Waals surface area contributed by atoms with E-state index in [1.165, 1.54) is 64.3 Å². The van der Waals surface area contributed by atoms with Crippen LogP contribution in [0.4, 0.5) is 0 Å². The van der Waals surface area contributed by atoms with Crippen LogP contribution in [0.15, 0.2) is 188 Å². The van der Waals surface area contributed by atoms with Crippen molar-refractivity contribution in [1.29, 1.82) is 0 Å². The first-order valence-electron chi connectivity index (χ1n) is 18.8. The van der Waals surface area contributed by atoms with Gasteiger partial charge in [-0.15, -0.1) is 11.3 Å². The molecule has 0 saturated heterocycles. The molecule has 3 heteroatoms. The van der Waals surface area contributed by atoms with Gasteiger partial charge in [-0.2, -0.15) is 0 Å². The highest BCUT2D eigenvalue weighted by atomic mass is 32.1. The number of thiophene rings is 1. The Balaban J connectivity index is 1.12. The van der Waals surface area contributed by atoms with E-state index in [-0.39, 0.29) is 5.41 Å². The standard InChI is InChI=1S/C52H34N2S/c1-52(38-15-3-2-4-16-38)45-21-11-9-18-40(45)41-27-25-36(31-46(41)52)47-32-48(54-51(53-47)37-24-23-33-13-5-6-14-34(33)29-37)42-19-8-7-17-39(42)35-26-28-50-44(30-35)43-20-10-12-22-49(43)55-50/h2-32H,1H3. The monoisotopic (exact) mass is 718 g/mol. The number of fused-ring (bicyclic) bond motifs is 7. The highest BCUT2D eigenvalue weighted by Gasteiger charge is 2.40. The average molecular weight is 719 g/mol. The summed E-state index contributed by atoms with van der Waals surface area (Å²) >= 11 is 1.85. The van der Waals surface area contributed by atoms with Gasteiger partial charge in [-0.25, -0.2) is 9.97 Å². The van der Waals surface area contributed by atoms with Crippen molar-refractivity contribution in [2.45, 2.75) is 12.3 Å². The average Bonchev–Trinajstić information content (AvgIpc) is 3.76. The Morgan fingerprint density at radius 3 is 1.95 bits per heavy atom. The summed E-state index contributed by atoms with van der Waals surface area (Å²) in [5.41, 5.74) is 13.4. The van der Waals surface area contributed by atoms with Crippen molar-refractivity contribution in [3.05, 3.63) is 205 Å². The summed E-state index contributed by atoms with van der Waals surface area (Å²) in [6, 6.07) is 68.1. The van der Waals surface area contributed by atoms with Crippen LogP contribution in [0.25, 0.3) is 87.1 Å². The summed E-state index contributed by atoms with van der Waals surface area (Å²) in [6.45, 7) is 2.37. The van der Waals surface area contributed by atoms with Gasteiger partial charge in [0, 0.05) is 42.3 Å². The van der Waals surface area contributed by atoms with Crippen LogP contribution in [0.3, 0.4) is 0 Å². The Kier molecular flexibility index (Phi) is 7.20. The number of benzene rings is 8. The van der Waals surface area contributed by atoms with Gasteiger partial charge in [0.15, 0.2) is 5.82 Å². The molecule has 0 saturated carbocycles. The molecule has 0 radical (unpaired) electrons. The maximum atomic E-state index is 5.37. The normalized spacial score (nSPS) is 14.7. The topological polar surface area (TPSA) is 25.8 Å². The summed E-state index contributed by atoms with van der Waals surface area (Å²) in [5, 5.41) is 4.95. The van der Waals surface area contributed by atoms with Crippen LogP contribution < -0.4 is 0 Å². The molecule has 1 unspecified atom stereocenters. The van der Waals surface area contributed by atoms with Crippen molar-refractivity contribution in [1.82, 2.24) is 9.97 Å². The van der Waals surface area contributed by atoms with E-state index in [4.69, 9.17) is 9.97 Å². The summed E-state index contributed by atoms with van der Waals surface area (Å²) in [4.78, 5) is 10.7. The van der Waals surface area contributed by atoms with Crippen molar-refractivity contribution in [2.24, 2.45) is 0 Å². The quantitative estimate of drug-likeness (QED) is 0.177. The minimum Gasteiger partial charge on any atom is -0.228 e. The Labute approximate surface area is 324 Å². The molecule has 8 aromatic carbocycles. The molecule has 0 N–H and O–H groups in total. The van der Waals surface area contributed by atoms with Crippen LogP contribution in [0, 0.1) is 0 Å². The van der Waals surface area contributed by atoms with E-state index in [1.54, 1.807) is 0 Å². The molecule has 10 aromatic rings. The second-order valence-corrected chi connectivity index (χ2v) is 15.8. The lowest BCUT2D eigenvalue weighted by Crippen LogP contribution is -2.22. The van der Waals surface area contributed by atoms with Crippen LogP contribution in [0.2, 0.25) is 0 Å². The van der Waals surface area contributed by atoms with Crippen molar-refractivity contribution in [3.8, 4) is 56.2 Å². The maximum absolute atomic E-state index is 5.37. The fraction of sp³-hybridized carbons (Fsp3) is 0.0385. The SMILES string of the molecule is CC1(c2ccccc2)c2ccccc2-c2ccc(-c3cc(-c4ccccc4-c4ccc5sc6ccccc6c5c4)nc(-c4ccc5ccccc5c4)n3)cc21. The molecular formula is C52H34N2S. The number of nitrogens with zero attached hydrogens (tertiary/aromatic N) is 2. The Morgan fingerprint density at radius 1 is 0.400 bits per heavy atom. The molecule has 0 fully saturated rings. The molecule has 1 aliphatic rings. The zero-order chi connectivity index (χ0) is 36.5. The van der Waals surface area contributed by atoms with Gasteiger partial charge in [0.05, 0.1) is 11.4 Å². The molecule has 11 rings (SSSR count). The molecule has 0 aliphatic heterocycles. The molecule has 0 bridgehead atoms. The zero-order valence-electron chi connectivity index (χ0n) is 30.2. The highest BCUT2D eigenvalue weighted by Crippen LogP contribution is 2.53. The Morgan fingerprint density at radius 2 is 1.05 bits per heavy atom. The third-order valence-corrected chi connectivity index (χ3v) is 12.7. The predicted octanol–water partition coefficient (Wildman–Crippen LogP) is 14.0. The number of aromatic nitrogens is 2. The van der Waals surface area contributed by atoms with Crippen LogP contribution in [0.1, 0.15) is 23.6 Å². The minimum absolute atomic E-state index is 0.308. The lowest BCUT2D eigenvalue weighted by Gasteiger charge is -2.28. The van der Waals surface area contributed by atoms with E-state index in [2.05, 4.69) is 195 Å². The Hall–Kier alpha value is -6.68. The van der Waals surface area contributed by atoms with Gasteiger partial charge in [0.1, 0.15) is 0 Å². The molecule has 1 atom stereocenters. The van der Waals surface area contributed by atoms with Crippen LogP contribution in [0.5, 0.6) is 0 Å². The molecule has 258 valence electrons. The molecular weight excluding hydrogens is 685 g/mol. The largest absolute Gasteiger partial charge is 0.228 e. The molecule has 2 heterocycles. The van der Waals surface area contributed by atoms with E-state index in [0.29, 0.717) is 5.82 Å². The van der Waals surface area contributed by atoms with Gasteiger partial charge in [-0.3, -0.25) is 0 Å².